The summed E-state index contributed by atoms with van der Waals surface area (Å²) in [4.78, 5) is 11.8. The molecule has 3 aromatic carbocycles. The molecule has 0 saturated carbocycles. The van der Waals surface area contributed by atoms with Crippen LogP contribution in [0.3, 0.4) is 0 Å². The number of benzene rings is 3. The van der Waals surface area contributed by atoms with E-state index in [-0.39, 0.29) is 18.1 Å². The molecule has 0 atom stereocenters. The van der Waals surface area contributed by atoms with Crippen LogP contribution in [0.15, 0.2) is 78.9 Å². The summed E-state index contributed by atoms with van der Waals surface area (Å²) < 4.78 is 5.42. The van der Waals surface area contributed by atoms with E-state index in [2.05, 4.69) is 6.07 Å². The average molecular weight is 384 g/mol. The highest BCUT2D eigenvalue weighted by Crippen LogP contribution is 2.13. The first kappa shape index (κ1) is 21.2. The standard InChI is InChI=1S/C16H13NO2.C8H7NO/c17-11-10-13-6-8-15(9-7-13)19-12-16(18)14-4-2-1-3-5-14;9-6-5-7-1-3-8(10)4-2-7/h1-9H,10,12H2;1-4,10H,5H2. The van der Waals surface area contributed by atoms with E-state index in [0.717, 1.165) is 11.1 Å². The van der Waals surface area contributed by atoms with Crippen molar-refractivity contribution in [2.24, 2.45) is 0 Å². The van der Waals surface area contributed by atoms with E-state index >= 15 is 0 Å². The molecule has 29 heavy (non-hydrogen) atoms. The van der Waals surface area contributed by atoms with Gasteiger partial charge in [-0.3, -0.25) is 4.79 Å². The van der Waals surface area contributed by atoms with Gasteiger partial charge in [-0.1, -0.05) is 54.6 Å². The molecule has 3 rings (SSSR count). The lowest BCUT2D eigenvalue weighted by atomic mass is 10.1. The molecule has 0 amide bonds. The van der Waals surface area contributed by atoms with E-state index in [4.69, 9.17) is 20.4 Å². The van der Waals surface area contributed by atoms with Crippen molar-refractivity contribution in [2.75, 3.05) is 6.61 Å². The van der Waals surface area contributed by atoms with E-state index in [1.54, 1.807) is 48.5 Å². The monoisotopic (exact) mass is 384 g/mol. The minimum absolute atomic E-state index is 0.0155. The van der Waals surface area contributed by atoms with Crippen LogP contribution in [0.4, 0.5) is 0 Å². The van der Waals surface area contributed by atoms with Crippen LogP contribution in [0.1, 0.15) is 21.5 Å². The first-order chi connectivity index (χ1) is 14.1. The van der Waals surface area contributed by atoms with Crippen LogP contribution in [0.5, 0.6) is 11.5 Å². The van der Waals surface area contributed by atoms with Gasteiger partial charge in [-0.05, 0) is 35.4 Å². The van der Waals surface area contributed by atoms with Crippen molar-refractivity contribution in [1.29, 1.82) is 10.5 Å². The number of carbonyl (C=O) groups is 1. The van der Waals surface area contributed by atoms with Crippen LogP contribution in [-0.4, -0.2) is 17.5 Å². The van der Waals surface area contributed by atoms with Crippen molar-refractivity contribution in [2.45, 2.75) is 12.8 Å². The quantitative estimate of drug-likeness (QED) is 0.633. The molecule has 0 unspecified atom stereocenters. The molecular weight excluding hydrogens is 364 g/mol. The number of nitrogens with zero attached hydrogens (tertiary/aromatic N) is 2. The highest BCUT2D eigenvalue weighted by atomic mass is 16.5. The van der Waals surface area contributed by atoms with Crippen molar-refractivity contribution in [3.05, 3.63) is 95.6 Å². The lowest BCUT2D eigenvalue weighted by molar-refractivity contribution is 0.0921. The van der Waals surface area contributed by atoms with Crippen molar-refractivity contribution < 1.29 is 14.6 Å². The Morgan fingerprint density at radius 2 is 1.31 bits per heavy atom. The van der Waals surface area contributed by atoms with E-state index < -0.39 is 0 Å². The topological polar surface area (TPSA) is 94.1 Å². The van der Waals surface area contributed by atoms with E-state index in [0.29, 0.717) is 24.2 Å². The van der Waals surface area contributed by atoms with Gasteiger partial charge in [-0.25, -0.2) is 0 Å². The van der Waals surface area contributed by atoms with Gasteiger partial charge in [0.2, 0.25) is 0 Å². The molecule has 144 valence electrons. The van der Waals surface area contributed by atoms with Crippen molar-refractivity contribution in [1.82, 2.24) is 0 Å². The third kappa shape index (κ3) is 7.58. The molecule has 0 radical (unpaired) electrons. The molecule has 3 aromatic rings. The number of rotatable bonds is 6. The smallest absolute Gasteiger partial charge is 0.200 e. The Morgan fingerprint density at radius 3 is 1.83 bits per heavy atom. The van der Waals surface area contributed by atoms with Crippen molar-refractivity contribution in [3.8, 4) is 23.6 Å². The summed E-state index contributed by atoms with van der Waals surface area (Å²) in [6.45, 7) is 0.0155. The second-order valence-electron chi connectivity index (χ2n) is 6.06. The van der Waals surface area contributed by atoms with Gasteiger partial charge in [-0.15, -0.1) is 0 Å². The Hall–Kier alpha value is -4.09. The van der Waals surface area contributed by atoms with Gasteiger partial charge in [0.05, 0.1) is 25.0 Å². The summed E-state index contributed by atoms with van der Waals surface area (Å²) in [5.41, 5.74) is 2.51. The normalized spacial score (nSPS) is 9.31. The largest absolute Gasteiger partial charge is 0.508 e. The van der Waals surface area contributed by atoms with Gasteiger partial charge >= 0.3 is 0 Å². The van der Waals surface area contributed by atoms with Crippen LogP contribution >= 0.6 is 0 Å². The number of phenolic OH excluding ortho intramolecular Hbond substituents is 1. The molecule has 5 heteroatoms. The van der Waals surface area contributed by atoms with E-state index in [1.807, 2.05) is 36.4 Å². The lowest BCUT2D eigenvalue weighted by Gasteiger charge is -2.06. The number of aromatic hydroxyl groups is 1. The van der Waals surface area contributed by atoms with Crippen LogP contribution in [0.2, 0.25) is 0 Å². The molecule has 0 spiro atoms. The molecule has 0 aliphatic heterocycles. The molecule has 0 aromatic heterocycles. The molecule has 0 fully saturated rings. The van der Waals surface area contributed by atoms with Crippen LogP contribution in [0.25, 0.3) is 0 Å². The third-order valence-corrected chi connectivity index (χ3v) is 3.89. The zero-order chi connectivity index (χ0) is 20.9. The number of nitriles is 2. The predicted octanol–water partition coefficient (Wildman–Crippen LogP) is 4.47. The Bertz CT molecular complexity index is 984. The predicted molar refractivity (Wildman–Crippen MR) is 109 cm³/mol. The number of ether oxygens (including phenoxy) is 1. The number of carbonyl (C=O) groups excluding carboxylic acids is 1. The minimum Gasteiger partial charge on any atom is -0.508 e. The maximum absolute atomic E-state index is 11.8. The Balaban J connectivity index is 0.000000253. The number of Topliss-reactive ketones (excluding diaryl/α,β-unsaturated/α-hetero) is 1. The summed E-state index contributed by atoms with van der Waals surface area (Å²) in [5.74, 6) is 0.814. The maximum atomic E-state index is 11.8. The molecule has 5 nitrogen and oxygen atoms in total. The van der Waals surface area contributed by atoms with Gasteiger partial charge in [0.1, 0.15) is 11.5 Å². The van der Waals surface area contributed by atoms with Gasteiger partial charge in [0, 0.05) is 5.56 Å². The SMILES string of the molecule is N#CCc1ccc(O)cc1.N#CCc1ccc(OCC(=O)c2ccccc2)cc1. The summed E-state index contributed by atoms with van der Waals surface area (Å²) in [6, 6.07) is 27.0. The third-order valence-electron chi connectivity index (χ3n) is 3.89. The molecule has 0 bridgehead atoms. The highest BCUT2D eigenvalue weighted by molar-refractivity contribution is 5.97. The molecule has 0 heterocycles. The van der Waals surface area contributed by atoms with Gasteiger partial charge < -0.3 is 9.84 Å². The number of phenols is 1. The number of ketones is 1. The first-order valence-electron chi connectivity index (χ1n) is 8.94. The lowest BCUT2D eigenvalue weighted by Crippen LogP contribution is -2.11. The Morgan fingerprint density at radius 1 is 0.793 bits per heavy atom. The van der Waals surface area contributed by atoms with Gasteiger partial charge in [0.25, 0.3) is 0 Å². The van der Waals surface area contributed by atoms with Crippen LogP contribution in [-0.2, 0) is 12.8 Å². The summed E-state index contributed by atoms with van der Waals surface area (Å²) in [7, 11) is 0. The molecule has 0 aliphatic carbocycles. The van der Waals surface area contributed by atoms with E-state index in [9.17, 15) is 4.79 Å². The van der Waals surface area contributed by atoms with Crippen molar-refractivity contribution in [3.63, 3.8) is 0 Å². The minimum atomic E-state index is -0.0540. The fraction of sp³-hybridized carbons (Fsp3) is 0.125. The second kappa shape index (κ2) is 11.6. The average Bonchev–Trinajstić information content (AvgIpc) is 2.76. The van der Waals surface area contributed by atoms with Gasteiger partial charge in [-0.2, -0.15) is 10.5 Å². The molecular formula is C24H20N2O3. The second-order valence-corrected chi connectivity index (χ2v) is 6.06. The van der Waals surface area contributed by atoms with Crippen LogP contribution < -0.4 is 4.74 Å². The number of hydrogen-bond acceptors (Lipinski definition) is 5. The summed E-state index contributed by atoms with van der Waals surface area (Å²) in [6.07, 6.45) is 0.781. The van der Waals surface area contributed by atoms with Crippen molar-refractivity contribution >= 4 is 5.78 Å². The summed E-state index contributed by atoms with van der Waals surface area (Å²) in [5, 5.41) is 25.7. The Kier molecular flexibility index (Phi) is 8.48. The molecule has 0 aliphatic rings. The van der Waals surface area contributed by atoms with Crippen LogP contribution in [0, 0.1) is 22.7 Å². The van der Waals surface area contributed by atoms with Gasteiger partial charge in [0.15, 0.2) is 12.4 Å². The number of hydrogen-bond donors (Lipinski definition) is 1. The fourth-order valence-corrected chi connectivity index (χ4v) is 2.36. The first-order valence-corrected chi connectivity index (χ1v) is 8.94. The highest BCUT2D eigenvalue weighted by Gasteiger charge is 2.05. The zero-order valence-electron chi connectivity index (χ0n) is 15.8. The molecule has 1 N–H and O–H groups in total. The molecule has 0 saturated heterocycles. The van der Waals surface area contributed by atoms with E-state index in [1.165, 1.54) is 0 Å². The Labute approximate surface area is 170 Å². The zero-order valence-corrected chi connectivity index (χ0v) is 15.8. The summed E-state index contributed by atoms with van der Waals surface area (Å²) >= 11 is 0. The maximum Gasteiger partial charge on any atom is 0.200 e. The fourth-order valence-electron chi connectivity index (χ4n) is 2.36.